The van der Waals surface area contributed by atoms with Gasteiger partial charge in [0.05, 0.1) is 26.2 Å². The first-order chi connectivity index (χ1) is 26.8. The van der Waals surface area contributed by atoms with E-state index in [9.17, 15) is 0 Å². The topological polar surface area (TPSA) is 27.1 Å². The van der Waals surface area contributed by atoms with Crippen LogP contribution in [-0.2, 0) is 5.41 Å². The number of imidazole rings is 1. The van der Waals surface area contributed by atoms with Crippen molar-refractivity contribution in [2.45, 2.75) is 15.2 Å². The Labute approximate surface area is 318 Å². The van der Waals surface area contributed by atoms with E-state index in [4.69, 9.17) is 9.72 Å². The van der Waals surface area contributed by atoms with Crippen LogP contribution in [0.25, 0.3) is 50.4 Å². The van der Waals surface area contributed by atoms with Crippen LogP contribution in [0.4, 0.5) is 0 Å². The zero-order valence-electron chi connectivity index (χ0n) is 29.2. The van der Waals surface area contributed by atoms with Gasteiger partial charge in [-0.2, -0.15) is 0 Å². The van der Waals surface area contributed by atoms with E-state index in [2.05, 4.69) is 187 Å². The Morgan fingerprint density at radius 2 is 1.15 bits per heavy atom. The highest BCUT2D eigenvalue weighted by atomic mass is 32.2. The van der Waals surface area contributed by atoms with Gasteiger partial charge in [-0.15, -0.1) is 0 Å². The maximum atomic E-state index is 6.85. The van der Waals surface area contributed by atoms with Crippen molar-refractivity contribution in [1.29, 1.82) is 0 Å². The molecule has 1 aliphatic heterocycles. The van der Waals surface area contributed by atoms with Gasteiger partial charge in [-0.05, 0) is 87.5 Å². The standard InChI is InChI=1S/C50H32N2OS/c1-4-14-34(15-5-1)49-51-42-20-10-11-21-43(42)52(49)38-27-24-33(25-28-38)35-26-29-39-41(32-35)50(36-16-6-2-7-17-36,37-18-8-3-9-19-37)40-30-31-46-48(47(39)40)53-44-22-12-13-23-45(44)54-46/h1-32H. The van der Waals surface area contributed by atoms with Gasteiger partial charge in [0.15, 0.2) is 0 Å². The molecule has 9 aromatic rings. The lowest BCUT2D eigenvalue weighted by Gasteiger charge is -2.34. The van der Waals surface area contributed by atoms with Crippen molar-refractivity contribution in [1.82, 2.24) is 9.55 Å². The normalized spacial score (nSPS) is 13.4. The summed E-state index contributed by atoms with van der Waals surface area (Å²) in [6, 6.07) is 69.6. The average molecular weight is 709 g/mol. The van der Waals surface area contributed by atoms with Crippen LogP contribution in [0.5, 0.6) is 11.5 Å². The molecule has 0 N–H and O–H groups in total. The monoisotopic (exact) mass is 708 g/mol. The molecule has 1 aromatic heterocycles. The minimum absolute atomic E-state index is 0.552. The molecule has 0 spiro atoms. The number of hydrogen-bond donors (Lipinski definition) is 0. The molecule has 0 atom stereocenters. The van der Waals surface area contributed by atoms with Crippen molar-refractivity contribution in [2.24, 2.45) is 0 Å². The van der Waals surface area contributed by atoms with Crippen LogP contribution in [0.2, 0.25) is 0 Å². The summed E-state index contributed by atoms with van der Waals surface area (Å²) < 4.78 is 9.12. The summed E-state index contributed by atoms with van der Waals surface area (Å²) >= 11 is 1.78. The zero-order chi connectivity index (χ0) is 35.6. The van der Waals surface area contributed by atoms with Crippen LogP contribution in [-0.4, -0.2) is 9.55 Å². The average Bonchev–Trinajstić information content (AvgIpc) is 3.78. The fourth-order valence-electron chi connectivity index (χ4n) is 8.61. The van der Waals surface area contributed by atoms with E-state index in [-0.39, 0.29) is 0 Å². The lowest BCUT2D eigenvalue weighted by molar-refractivity contribution is 0.456. The highest BCUT2D eigenvalue weighted by Crippen LogP contribution is 2.62. The number of rotatable bonds is 5. The van der Waals surface area contributed by atoms with E-state index in [1.165, 1.54) is 33.4 Å². The Balaban J connectivity index is 1.11. The van der Waals surface area contributed by atoms with Crippen molar-refractivity contribution in [3.63, 3.8) is 0 Å². The van der Waals surface area contributed by atoms with Crippen molar-refractivity contribution in [2.75, 3.05) is 0 Å². The summed E-state index contributed by atoms with van der Waals surface area (Å²) in [6.07, 6.45) is 0. The van der Waals surface area contributed by atoms with Gasteiger partial charge in [-0.25, -0.2) is 4.98 Å². The number of para-hydroxylation sites is 3. The summed E-state index contributed by atoms with van der Waals surface area (Å²) in [5.41, 5.74) is 13.3. The third-order valence-corrected chi connectivity index (χ3v) is 12.1. The minimum Gasteiger partial charge on any atom is -0.454 e. The third-order valence-electron chi connectivity index (χ3n) is 11.0. The summed E-state index contributed by atoms with van der Waals surface area (Å²) in [5.74, 6) is 2.77. The Bertz CT molecular complexity index is 2820. The molecule has 0 unspecified atom stereocenters. The molecule has 0 radical (unpaired) electrons. The fraction of sp³-hybridized carbons (Fsp3) is 0.0200. The van der Waals surface area contributed by atoms with Crippen molar-refractivity contribution < 1.29 is 4.74 Å². The molecule has 2 aliphatic rings. The first-order valence-electron chi connectivity index (χ1n) is 18.3. The molecule has 0 fully saturated rings. The Morgan fingerprint density at radius 1 is 0.500 bits per heavy atom. The second-order valence-electron chi connectivity index (χ2n) is 13.9. The summed E-state index contributed by atoms with van der Waals surface area (Å²) in [6.45, 7) is 0. The molecule has 0 amide bonds. The number of fused-ring (bicyclic) bond motifs is 7. The van der Waals surface area contributed by atoms with Gasteiger partial charge >= 0.3 is 0 Å². The number of hydrogen-bond acceptors (Lipinski definition) is 3. The van der Waals surface area contributed by atoms with E-state index in [0.717, 1.165) is 60.5 Å². The largest absolute Gasteiger partial charge is 0.454 e. The molecule has 0 bridgehead atoms. The van der Waals surface area contributed by atoms with Crippen molar-refractivity contribution in [3.8, 4) is 50.8 Å². The molecule has 3 nitrogen and oxygen atoms in total. The molecule has 0 saturated carbocycles. The van der Waals surface area contributed by atoms with Gasteiger partial charge in [0.25, 0.3) is 0 Å². The maximum absolute atomic E-state index is 6.85. The Hall–Kier alpha value is -6.62. The molecule has 1 aliphatic carbocycles. The first kappa shape index (κ1) is 31.0. The van der Waals surface area contributed by atoms with E-state index < -0.39 is 5.41 Å². The highest BCUT2D eigenvalue weighted by Gasteiger charge is 2.48. The maximum Gasteiger partial charge on any atom is 0.149 e. The third kappa shape index (κ3) is 4.60. The highest BCUT2D eigenvalue weighted by molar-refractivity contribution is 7.99. The van der Waals surface area contributed by atoms with E-state index >= 15 is 0 Å². The number of ether oxygens (including phenoxy) is 1. The smallest absolute Gasteiger partial charge is 0.149 e. The van der Waals surface area contributed by atoms with Crippen LogP contribution < -0.4 is 4.74 Å². The molecule has 11 rings (SSSR count). The molecule has 4 heteroatoms. The van der Waals surface area contributed by atoms with Gasteiger partial charge in [0.1, 0.15) is 17.3 Å². The second-order valence-corrected chi connectivity index (χ2v) is 15.0. The predicted octanol–water partition coefficient (Wildman–Crippen LogP) is 13.0. The number of nitrogens with zero attached hydrogens (tertiary/aromatic N) is 2. The van der Waals surface area contributed by atoms with E-state index in [1.807, 2.05) is 12.1 Å². The summed E-state index contributed by atoms with van der Waals surface area (Å²) in [7, 11) is 0. The van der Waals surface area contributed by atoms with Gasteiger partial charge < -0.3 is 4.74 Å². The van der Waals surface area contributed by atoms with Crippen LogP contribution in [0, 0.1) is 0 Å². The molecule has 254 valence electrons. The van der Waals surface area contributed by atoms with Gasteiger partial charge in [0.2, 0.25) is 0 Å². The summed E-state index contributed by atoms with van der Waals surface area (Å²) in [5, 5.41) is 0. The SMILES string of the molecule is c1ccc(-c2nc3ccccc3n2-c2ccc(-c3ccc4c(c3)C(c3ccccc3)(c3ccccc3)c3ccc5c(c3-4)Oc3ccccc3S5)cc2)cc1. The lowest BCUT2D eigenvalue weighted by atomic mass is 9.67. The first-order valence-corrected chi connectivity index (χ1v) is 19.1. The molecular weight excluding hydrogens is 677 g/mol. The van der Waals surface area contributed by atoms with Crippen LogP contribution in [0.3, 0.4) is 0 Å². The van der Waals surface area contributed by atoms with Gasteiger partial charge in [-0.3, -0.25) is 4.57 Å². The van der Waals surface area contributed by atoms with Crippen molar-refractivity contribution in [3.05, 3.63) is 216 Å². The van der Waals surface area contributed by atoms with Crippen molar-refractivity contribution >= 4 is 22.8 Å². The second kappa shape index (κ2) is 12.2. The minimum atomic E-state index is -0.552. The molecule has 0 saturated heterocycles. The Morgan fingerprint density at radius 3 is 1.91 bits per heavy atom. The number of aromatic nitrogens is 2. The lowest BCUT2D eigenvalue weighted by Crippen LogP contribution is -2.28. The molecule has 54 heavy (non-hydrogen) atoms. The predicted molar refractivity (Wildman–Crippen MR) is 220 cm³/mol. The van der Waals surface area contributed by atoms with Crippen LogP contribution >= 0.6 is 11.8 Å². The van der Waals surface area contributed by atoms with Gasteiger partial charge in [-0.1, -0.05) is 157 Å². The quantitative estimate of drug-likeness (QED) is 0.178. The number of benzene rings is 8. The zero-order valence-corrected chi connectivity index (χ0v) is 30.0. The van der Waals surface area contributed by atoms with Crippen LogP contribution in [0.1, 0.15) is 22.3 Å². The van der Waals surface area contributed by atoms with E-state index in [0.29, 0.717) is 0 Å². The fourth-order valence-corrected chi connectivity index (χ4v) is 9.57. The van der Waals surface area contributed by atoms with Crippen LogP contribution in [0.15, 0.2) is 204 Å². The summed E-state index contributed by atoms with van der Waals surface area (Å²) in [4.78, 5) is 7.34. The Kier molecular flexibility index (Phi) is 7.01. The molecule has 2 heterocycles. The molecular formula is C50H32N2OS. The van der Waals surface area contributed by atoms with Gasteiger partial charge in [0, 0.05) is 16.8 Å². The van der Waals surface area contributed by atoms with E-state index in [1.54, 1.807) is 11.8 Å². The molecule has 8 aromatic carbocycles.